The molecule has 4 amide bonds. The Balaban J connectivity index is 2.52. The van der Waals surface area contributed by atoms with Crippen LogP contribution in [0, 0.1) is 5.92 Å². The van der Waals surface area contributed by atoms with Gasteiger partial charge in [0.15, 0.2) is 0 Å². The van der Waals surface area contributed by atoms with E-state index >= 15 is 0 Å². The van der Waals surface area contributed by atoms with Crippen molar-refractivity contribution in [3.63, 3.8) is 0 Å². The first-order chi connectivity index (χ1) is 16.7. The number of ether oxygens (including phenoxy) is 1. The highest BCUT2D eigenvalue weighted by Crippen LogP contribution is 2.41. The van der Waals surface area contributed by atoms with Crippen molar-refractivity contribution in [3.8, 4) is 0 Å². The van der Waals surface area contributed by atoms with Gasteiger partial charge in [-0.1, -0.05) is 37.8 Å². The maximum atomic E-state index is 14.0. The second-order valence-electron chi connectivity index (χ2n) is 10.7. The minimum absolute atomic E-state index is 0.0176. The fraction of sp³-hybridized carbons (Fsp3) is 0.556. The van der Waals surface area contributed by atoms with Crippen LogP contribution in [-0.2, 0) is 19.1 Å². The summed E-state index contributed by atoms with van der Waals surface area (Å²) in [5, 5.41) is 5.54. The largest absolute Gasteiger partial charge is 0.444 e. The summed E-state index contributed by atoms with van der Waals surface area (Å²) in [6, 6.07) is 4.90. The molecule has 1 saturated carbocycles. The van der Waals surface area contributed by atoms with Crippen molar-refractivity contribution in [1.82, 2.24) is 15.5 Å². The van der Waals surface area contributed by atoms with E-state index in [-0.39, 0.29) is 36.8 Å². The van der Waals surface area contributed by atoms with Gasteiger partial charge in [-0.15, -0.1) is 0 Å². The van der Waals surface area contributed by atoms with Gasteiger partial charge in [0.1, 0.15) is 17.7 Å². The van der Waals surface area contributed by atoms with Crippen LogP contribution in [0.25, 0.3) is 6.08 Å². The molecule has 4 unspecified atom stereocenters. The van der Waals surface area contributed by atoms with E-state index in [0.29, 0.717) is 12.0 Å². The molecule has 4 atom stereocenters. The van der Waals surface area contributed by atoms with Gasteiger partial charge < -0.3 is 26.0 Å². The first-order valence-electron chi connectivity index (χ1n) is 12.4. The molecule has 1 aliphatic rings. The maximum absolute atomic E-state index is 14.0. The van der Waals surface area contributed by atoms with Crippen LogP contribution in [0.1, 0.15) is 78.0 Å². The summed E-state index contributed by atoms with van der Waals surface area (Å²) in [5.41, 5.74) is 6.00. The molecule has 0 aliphatic heterocycles. The summed E-state index contributed by atoms with van der Waals surface area (Å²) in [6.45, 7) is 14.6. The van der Waals surface area contributed by atoms with Crippen molar-refractivity contribution in [2.45, 2.75) is 90.6 Å². The standard InChI is InChI=1S/C27H40N4O5/c1-8-18-10-9-11-19(15-18)23(24(33)29-16(2)3)31(21-14-17(21)4)25(34)20(12-13-22(28)32)30-26(35)36-27(5,6)7/h8-11,15-17,20-21,23H,1,12-14H2,2-7H3,(H2,28,32)(H,29,33)(H,30,35). The van der Waals surface area contributed by atoms with Crippen molar-refractivity contribution < 1.29 is 23.9 Å². The molecule has 9 heteroatoms. The Morgan fingerprint density at radius 1 is 1.22 bits per heavy atom. The average Bonchev–Trinajstić information content (AvgIpc) is 3.48. The number of primary amides is 1. The van der Waals surface area contributed by atoms with Crippen LogP contribution in [0.5, 0.6) is 0 Å². The Bertz CT molecular complexity index is 985. The smallest absolute Gasteiger partial charge is 0.408 e. The Hall–Kier alpha value is -3.36. The van der Waals surface area contributed by atoms with Crippen LogP contribution in [0.4, 0.5) is 4.79 Å². The zero-order valence-corrected chi connectivity index (χ0v) is 22.2. The molecular formula is C27H40N4O5. The normalized spacial score (nSPS) is 18.5. The second kappa shape index (κ2) is 12.1. The molecule has 1 aliphatic carbocycles. The summed E-state index contributed by atoms with van der Waals surface area (Å²) >= 11 is 0. The third-order valence-corrected chi connectivity index (χ3v) is 5.77. The summed E-state index contributed by atoms with van der Waals surface area (Å²) < 4.78 is 5.35. The molecule has 0 saturated heterocycles. The highest BCUT2D eigenvalue weighted by molar-refractivity contribution is 5.93. The maximum Gasteiger partial charge on any atom is 0.408 e. The van der Waals surface area contributed by atoms with E-state index < -0.39 is 35.6 Å². The van der Waals surface area contributed by atoms with E-state index in [9.17, 15) is 19.2 Å². The van der Waals surface area contributed by atoms with Gasteiger partial charge in [0, 0.05) is 18.5 Å². The summed E-state index contributed by atoms with van der Waals surface area (Å²) in [6.07, 6.45) is 1.47. The second-order valence-corrected chi connectivity index (χ2v) is 10.7. The molecule has 9 nitrogen and oxygen atoms in total. The van der Waals surface area contributed by atoms with Gasteiger partial charge in [-0.3, -0.25) is 14.4 Å². The average molecular weight is 501 g/mol. The van der Waals surface area contributed by atoms with E-state index in [1.54, 1.807) is 37.8 Å². The molecule has 198 valence electrons. The van der Waals surface area contributed by atoms with Crippen molar-refractivity contribution >= 4 is 29.9 Å². The van der Waals surface area contributed by atoms with Crippen molar-refractivity contribution in [2.24, 2.45) is 11.7 Å². The van der Waals surface area contributed by atoms with Gasteiger partial charge in [0.2, 0.25) is 17.7 Å². The minimum Gasteiger partial charge on any atom is -0.444 e. The van der Waals surface area contributed by atoms with Crippen LogP contribution >= 0.6 is 0 Å². The molecule has 0 spiro atoms. The molecule has 2 rings (SSSR count). The molecule has 4 N–H and O–H groups in total. The predicted octanol–water partition coefficient (Wildman–Crippen LogP) is 3.29. The number of alkyl carbamates (subject to hydrolysis) is 1. The number of carbonyl (C=O) groups excluding carboxylic acids is 4. The third-order valence-electron chi connectivity index (χ3n) is 5.77. The topological polar surface area (TPSA) is 131 Å². The molecule has 0 radical (unpaired) electrons. The van der Waals surface area contributed by atoms with Gasteiger partial charge in [0.25, 0.3) is 0 Å². The summed E-state index contributed by atoms with van der Waals surface area (Å²) in [7, 11) is 0. The molecule has 1 aromatic carbocycles. The number of nitrogens with zero attached hydrogens (tertiary/aromatic N) is 1. The molecule has 1 fully saturated rings. The first-order valence-corrected chi connectivity index (χ1v) is 12.4. The number of nitrogens with two attached hydrogens (primary N) is 1. The lowest BCUT2D eigenvalue weighted by atomic mass is 9.99. The highest BCUT2D eigenvalue weighted by atomic mass is 16.6. The number of hydrogen-bond donors (Lipinski definition) is 3. The number of hydrogen-bond acceptors (Lipinski definition) is 5. The molecule has 0 aromatic heterocycles. The third kappa shape index (κ3) is 8.39. The molecule has 0 bridgehead atoms. The number of amides is 4. The number of benzene rings is 1. The summed E-state index contributed by atoms with van der Waals surface area (Å²) in [4.78, 5) is 53.2. The van der Waals surface area contributed by atoms with E-state index in [2.05, 4.69) is 17.2 Å². The zero-order valence-electron chi connectivity index (χ0n) is 22.2. The lowest BCUT2D eigenvalue weighted by Gasteiger charge is -2.35. The quantitative estimate of drug-likeness (QED) is 0.429. The van der Waals surface area contributed by atoms with Gasteiger partial charge in [-0.25, -0.2) is 4.79 Å². The fourth-order valence-corrected chi connectivity index (χ4v) is 4.00. The van der Waals surface area contributed by atoms with Crippen LogP contribution < -0.4 is 16.4 Å². The lowest BCUT2D eigenvalue weighted by molar-refractivity contribution is -0.144. The zero-order chi connectivity index (χ0) is 27.2. The van der Waals surface area contributed by atoms with Crippen LogP contribution in [0.2, 0.25) is 0 Å². The first kappa shape index (κ1) is 28.9. The Morgan fingerprint density at radius 2 is 1.86 bits per heavy atom. The number of nitrogens with one attached hydrogen (secondary N) is 2. The van der Waals surface area contributed by atoms with E-state index in [0.717, 1.165) is 5.56 Å². The molecular weight excluding hydrogens is 460 g/mol. The molecule has 0 heterocycles. The summed E-state index contributed by atoms with van der Waals surface area (Å²) in [5.74, 6) is -1.23. The van der Waals surface area contributed by atoms with Gasteiger partial charge >= 0.3 is 6.09 Å². The van der Waals surface area contributed by atoms with Crippen molar-refractivity contribution in [3.05, 3.63) is 42.0 Å². The predicted molar refractivity (Wildman–Crippen MR) is 139 cm³/mol. The highest BCUT2D eigenvalue weighted by Gasteiger charge is 2.48. The van der Waals surface area contributed by atoms with Crippen LogP contribution in [0.3, 0.4) is 0 Å². The van der Waals surface area contributed by atoms with E-state index in [1.807, 2.05) is 39.0 Å². The van der Waals surface area contributed by atoms with Crippen LogP contribution in [0.15, 0.2) is 30.8 Å². The number of carbonyl (C=O) groups is 4. The molecule has 1 aromatic rings. The monoisotopic (exact) mass is 500 g/mol. The van der Waals surface area contributed by atoms with Crippen LogP contribution in [-0.4, -0.2) is 52.4 Å². The van der Waals surface area contributed by atoms with Crippen molar-refractivity contribution in [2.75, 3.05) is 0 Å². The van der Waals surface area contributed by atoms with Gasteiger partial charge in [-0.05, 0) is 70.6 Å². The van der Waals surface area contributed by atoms with Gasteiger partial charge in [-0.2, -0.15) is 0 Å². The number of rotatable bonds is 11. The minimum atomic E-state index is -1.10. The van der Waals surface area contributed by atoms with Gasteiger partial charge in [0.05, 0.1) is 0 Å². The van der Waals surface area contributed by atoms with E-state index in [4.69, 9.17) is 10.5 Å². The SMILES string of the molecule is C=Cc1cccc(C(C(=O)NC(C)C)N(C(=O)C(CCC(N)=O)NC(=O)OC(C)(C)C)C2CC2C)c1. The van der Waals surface area contributed by atoms with E-state index in [1.165, 1.54) is 0 Å². The Morgan fingerprint density at radius 3 is 2.36 bits per heavy atom. The lowest BCUT2D eigenvalue weighted by Crippen LogP contribution is -2.54. The Labute approximate surface area is 213 Å². The fourth-order valence-electron chi connectivity index (χ4n) is 4.00. The molecule has 36 heavy (non-hydrogen) atoms. The Kier molecular flexibility index (Phi) is 9.67. The van der Waals surface area contributed by atoms with Crippen molar-refractivity contribution in [1.29, 1.82) is 0 Å².